The van der Waals surface area contributed by atoms with Crippen LogP contribution in [-0.2, 0) is 19.1 Å². The number of carbonyl (C=O) groups is 3. The predicted octanol–water partition coefficient (Wildman–Crippen LogP) is 3.57. The zero-order valence-corrected chi connectivity index (χ0v) is 16.0. The van der Waals surface area contributed by atoms with Gasteiger partial charge in [-0.1, -0.05) is 0 Å². The van der Waals surface area contributed by atoms with Crippen molar-refractivity contribution in [1.29, 1.82) is 0 Å². The number of Topliss-reactive ketones (excluding diaryl/α,β-unsaturated/α-hetero) is 1. The van der Waals surface area contributed by atoms with E-state index in [4.69, 9.17) is 9.47 Å². The monoisotopic (exact) mass is 389 g/mol. The number of ether oxygens (including phenoxy) is 2. The number of likely N-dealkylation sites (tertiary alicyclic amines) is 1. The van der Waals surface area contributed by atoms with Crippen molar-refractivity contribution < 1.29 is 32.6 Å². The van der Waals surface area contributed by atoms with E-state index in [1.54, 1.807) is 11.8 Å². The summed E-state index contributed by atoms with van der Waals surface area (Å²) in [6.07, 6.45) is 1.32. The summed E-state index contributed by atoms with van der Waals surface area (Å²) in [5, 5.41) is 0. The third kappa shape index (κ3) is 6.14. The molecular weight excluding hydrogens is 360 g/mol. The van der Waals surface area contributed by atoms with Crippen LogP contribution in [0.3, 0.4) is 0 Å². The molecule has 0 spiro atoms. The van der Waals surface area contributed by atoms with Crippen LogP contribution in [0.1, 0.15) is 58.3 Å². The second-order valence-corrected chi connectivity index (χ2v) is 7.52. The van der Waals surface area contributed by atoms with Crippen molar-refractivity contribution in [3.05, 3.63) is 0 Å². The number of ketones is 1. The molecule has 0 aromatic heterocycles. The zero-order chi connectivity index (χ0) is 20.0. The van der Waals surface area contributed by atoms with Crippen molar-refractivity contribution in [2.75, 3.05) is 20.3 Å². The van der Waals surface area contributed by atoms with Crippen LogP contribution in [0, 0.1) is 11.8 Å². The van der Waals surface area contributed by atoms with Gasteiger partial charge in [0.1, 0.15) is 12.2 Å². The van der Waals surface area contributed by atoms with E-state index in [2.05, 4.69) is 0 Å². The number of hydrogen-bond donors (Lipinski definition) is 0. The zero-order valence-electron chi connectivity index (χ0n) is 16.0. The highest BCUT2D eigenvalue weighted by Crippen LogP contribution is 2.40. The lowest BCUT2D eigenvalue weighted by atomic mass is 9.78. The molecule has 0 radical (unpaired) electrons. The fourth-order valence-electron chi connectivity index (χ4n) is 4.14. The van der Waals surface area contributed by atoms with E-state index in [0.29, 0.717) is 38.6 Å². The van der Waals surface area contributed by atoms with Crippen LogP contribution < -0.4 is 0 Å². The van der Waals surface area contributed by atoms with Gasteiger partial charge in [0.05, 0.1) is 13.7 Å². The maximum atomic E-state index is 13.4. The molecule has 8 heteroatoms. The Bertz CT molecular complexity index is 544. The maximum absolute atomic E-state index is 13.4. The molecule has 0 N–H and O–H groups in total. The molecule has 2 rings (SSSR count). The highest BCUT2D eigenvalue weighted by molar-refractivity contribution is 5.96. The summed E-state index contributed by atoms with van der Waals surface area (Å²) in [7, 11) is 1.30. The van der Waals surface area contributed by atoms with E-state index in [1.165, 1.54) is 7.11 Å². The first-order valence-electron chi connectivity index (χ1n) is 9.66. The van der Waals surface area contributed by atoms with Gasteiger partial charge in [-0.15, -0.1) is 0 Å². The SMILES string of the molecule is CCOC(=O)CC(=O)C1CCN(C(=O)OC)C(CC2CCC(F)(F)CC2)C1. The van der Waals surface area contributed by atoms with Crippen LogP contribution in [0.15, 0.2) is 0 Å². The summed E-state index contributed by atoms with van der Waals surface area (Å²) >= 11 is 0. The fraction of sp³-hybridized carbons (Fsp3) is 0.842. The Morgan fingerprint density at radius 3 is 2.41 bits per heavy atom. The average molecular weight is 389 g/mol. The molecular formula is C19H29F2NO5. The van der Waals surface area contributed by atoms with Gasteiger partial charge in [-0.2, -0.15) is 0 Å². The summed E-state index contributed by atoms with van der Waals surface area (Å²) in [5.74, 6) is -3.54. The molecule has 154 valence electrons. The van der Waals surface area contributed by atoms with Gasteiger partial charge in [0.2, 0.25) is 5.92 Å². The number of amides is 1. The highest BCUT2D eigenvalue weighted by Gasteiger charge is 2.40. The summed E-state index contributed by atoms with van der Waals surface area (Å²) in [6, 6.07) is -0.237. The smallest absolute Gasteiger partial charge is 0.409 e. The number of hydrogen-bond acceptors (Lipinski definition) is 5. The second-order valence-electron chi connectivity index (χ2n) is 7.52. The lowest BCUT2D eigenvalue weighted by molar-refractivity contribution is -0.146. The molecule has 27 heavy (non-hydrogen) atoms. The van der Waals surface area contributed by atoms with Gasteiger partial charge < -0.3 is 14.4 Å². The molecule has 2 unspecified atom stereocenters. The van der Waals surface area contributed by atoms with E-state index < -0.39 is 18.0 Å². The van der Waals surface area contributed by atoms with E-state index >= 15 is 0 Å². The van der Waals surface area contributed by atoms with Crippen molar-refractivity contribution in [1.82, 2.24) is 4.90 Å². The van der Waals surface area contributed by atoms with E-state index in [9.17, 15) is 23.2 Å². The molecule has 1 aliphatic heterocycles. The molecule has 0 aromatic carbocycles. The summed E-state index contributed by atoms with van der Waals surface area (Å²) < 4.78 is 36.5. The number of esters is 1. The molecule has 1 aliphatic carbocycles. The number of methoxy groups -OCH3 is 1. The number of rotatable bonds is 6. The molecule has 2 aliphatic rings. The first-order valence-corrected chi connectivity index (χ1v) is 9.66. The Morgan fingerprint density at radius 1 is 1.15 bits per heavy atom. The topological polar surface area (TPSA) is 72.9 Å². The molecule has 0 aromatic rings. The summed E-state index contributed by atoms with van der Waals surface area (Å²) in [5.41, 5.74) is 0. The van der Waals surface area contributed by atoms with Gasteiger partial charge in [-0.25, -0.2) is 13.6 Å². The van der Waals surface area contributed by atoms with Gasteiger partial charge in [0, 0.05) is 31.3 Å². The minimum absolute atomic E-state index is 0.0979. The van der Waals surface area contributed by atoms with Crippen molar-refractivity contribution in [3.8, 4) is 0 Å². The van der Waals surface area contributed by atoms with Gasteiger partial charge in [0.15, 0.2) is 0 Å². The largest absolute Gasteiger partial charge is 0.466 e. The lowest BCUT2D eigenvalue weighted by Gasteiger charge is -2.40. The van der Waals surface area contributed by atoms with E-state index in [1.807, 2.05) is 0 Å². The Kier molecular flexibility index (Phi) is 7.56. The van der Waals surface area contributed by atoms with Crippen LogP contribution in [0.5, 0.6) is 0 Å². The minimum Gasteiger partial charge on any atom is -0.466 e. The normalized spacial score (nSPS) is 25.7. The Balaban J connectivity index is 1.99. The number of alkyl halides is 2. The minimum atomic E-state index is -2.59. The molecule has 6 nitrogen and oxygen atoms in total. The van der Waals surface area contributed by atoms with Crippen LogP contribution in [0.2, 0.25) is 0 Å². The lowest BCUT2D eigenvalue weighted by Crippen LogP contribution is -2.48. The van der Waals surface area contributed by atoms with Gasteiger partial charge in [-0.3, -0.25) is 9.59 Å². The van der Waals surface area contributed by atoms with Crippen molar-refractivity contribution in [2.45, 2.75) is 70.3 Å². The van der Waals surface area contributed by atoms with Crippen LogP contribution in [0.25, 0.3) is 0 Å². The first kappa shape index (κ1) is 21.6. The van der Waals surface area contributed by atoms with Crippen molar-refractivity contribution >= 4 is 17.8 Å². The standard InChI is InChI=1S/C19H29F2NO5/c1-3-27-17(24)12-16(23)14-6-9-22(18(25)26-2)15(11-14)10-13-4-7-19(20,21)8-5-13/h13-15H,3-12H2,1-2H3. The highest BCUT2D eigenvalue weighted by atomic mass is 19.3. The van der Waals surface area contributed by atoms with E-state index in [-0.39, 0.29) is 49.5 Å². The molecule has 1 heterocycles. The van der Waals surface area contributed by atoms with Crippen LogP contribution >= 0.6 is 0 Å². The van der Waals surface area contributed by atoms with Crippen LogP contribution in [-0.4, -0.2) is 55.0 Å². The van der Waals surface area contributed by atoms with Gasteiger partial charge in [0.25, 0.3) is 0 Å². The van der Waals surface area contributed by atoms with Crippen molar-refractivity contribution in [3.63, 3.8) is 0 Å². The quantitative estimate of drug-likeness (QED) is 0.513. The summed E-state index contributed by atoms with van der Waals surface area (Å²) in [4.78, 5) is 37.7. The maximum Gasteiger partial charge on any atom is 0.409 e. The first-order chi connectivity index (χ1) is 12.8. The summed E-state index contributed by atoms with van der Waals surface area (Å²) in [6.45, 7) is 2.27. The third-order valence-electron chi connectivity index (χ3n) is 5.65. The Hall–Kier alpha value is -1.73. The molecule has 1 saturated carbocycles. The van der Waals surface area contributed by atoms with E-state index in [0.717, 1.165) is 0 Å². The molecule has 2 fully saturated rings. The van der Waals surface area contributed by atoms with Gasteiger partial charge >= 0.3 is 12.1 Å². The predicted molar refractivity (Wildman–Crippen MR) is 93.4 cm³/mol. The Labute approximate surface area is 158 Å². The molecule has 2 atom stereocenters. The second kappa shape index (κ2) is 9.46. The molecule has 1 saturated heterocycles. The number of halogens is 2. The molecule has 0 bridgehead atoms. The van der Waals surface area contributed by atoms with Crippen LogP contribution in [0.4, 0.5) is 13.6 Å². The Morgan fingerprint density at radius 2 is 1.81 bits per heavy atom. The fourth-order valence-corrected chi connectivity index (χ4v) is 4.14. The number of carbonyl (C=O) groups excluding carboxylic acids is 3. The number of piperidine rings is 1. The average Bonchev–Trinajstić information content (AvgIpc) is 2.63. The molecule has 1 amide bonds. The third-order valence-corrected chi connectivity index (χ3v) is 5.65. The number of nitrogens with zero attached hydrogens (tertiary/aromatic N) is 1. The van der Waals surface area contributed by atoms with Crippen molar-refractivity contribution in [2.24, 2.45) is 11.8 Å². The van der Waals surface area contributed by atoms with Gasteiger partial charge in [-0.05, 0) is 44.9 Å².